The number of allylic oxidation sites excluding steroid dienone is 1. The Labute approximate surface area is 126 Å². The van der Waals surface area contributed by atoms with Crippen molar-refractivity contribution >= 4 is 17.3 Å². The summed E-state index contributed by atoms with van der Waals surface area (Å²) in [4.78, 5) is 4.43. The molecule has 0 bridgehead atoms. The minimum Gasteiger partial charge on any atom is -0.384 e. The van der Waals surface area contributed by atoms with Crippen molar-refractivity contribution in [1.82, 2.24) is 0 Å². The van der Waals surface area contributed by atoms with E-state index in [0.29, 0.717) is 24.5 Å². The second-order valence-corrected chi connectivity index (χ2v) is 5.00. The summed E-state index contributed by atoms with van der Waals surface area (Å²) in [7, 11) is 1.62. The Morgan fingerprint density at radius 3 is 2.43 bits per heavy atom. The number of aliphatic imine (C=N–C) groups is 1. The number of nitrogens with zero attached hydrogens (tertiary/aromatic N) is 1. The van der Waals surface area contributed by atoms with Crippen LogP contribution < -0.4 is 0 Å². The Balaban J connectivity index is 2.14. The molecule has 0 saturated heterocycles. The fourth-order valence-corrected chi connectivity index (χ4v) is 2.43. The van der Waals surface area contributed by atoms with E-state index in [1.54, 1.807) is 7.11 Å². The number of alkyl halides is 4. The van der Waals surface area contributed by atoms with Gasteiger partial charge in [-0.1, -0.05) is 12.1 Å². The number of benzene rings is 1. The fraction of sp³-hybridized carbons (Fsp3) is 0.400. The molecule has 0 aliphatic carbocycles. The third-order valence-corrected chi connectivity index (χ3v) is 3.59. The molecule has 0 unspecified atom stereocenters. The molecule has 0 aromatic heterocycles. The van der Waals surface area contributed by atoms with Crippen molar-refractivity contribution in [3.63, 3.8) is 0 Å². The molecule has 0 fully saturated rings. The summed E-state index contributed by atoms with van der Waals surface area (Å²) in [5, 5.41) is 0. The standard InChI is InChI=1S/C15H15ClF3NO/c1-21-7-6-11-8-13(20-14(11)9-16)10-2-4-12(5-3-10)15(17,18)19/h2-5H,6-9H2,1H3. The number of methoxy groups -OCH3 is 1. The fourth-order valence-electron chi connectivity index (χ4n) is 2.19. The van der Waals surface area contributed by atoms with Crippen molar-refractivity contribution < 1.29 is 17.9 Å². The van der Waals surface area contributed by atoms with E-state index in [4.69, 9.17) is 16.3 Å². The first-order chi connectivity index (χ1) is 9.95. The summed E-state index contributed by atoms with van der Waals surface area (Å²) < 4.78 is 42.7. The molecule has 0 radical (unpaired) electrons. The predicted molar refractivity (Wildman–Crippen MR) is 76.8 cm³/mol. The van der Waals surface area contributed by atoms with Gasteiger partial charge in [-0.25, -0.2) is 0 Å². The van der Waals surface area contributed by atoms with E-state index in [-0.39, 0.29) is 0 Å². The van der Waals surface area contributed by atoms with Gasteiger partial charge in [0, 0.05) is 20.1 Å². The van der Waals surface area contributed by atoms with Gasteiger partial charge in [0.05, 0.1) is 22.9 Å². The largest absolute Gasteiger partial charge is 0.416 e. The summed E-state index contributed by atoms with van der Waals surface area (Å²) in [6.45, 7) is 0.575. The minimum absolute atomic E-state index is 0.295. The first-order valence-corrected chi connectivity index (χ1v) is 7.00. The molecule has 0 amide bonds. The molecular weight excluding hydrogens is 303 g/mol. The van der Waals surface area contributed by atoms with Crippen molar-refractivity contribution in [1.29, 1.82) is 0 Å². The molecule has 1 aromatic carbocycles. The molecule has 2 rings (SSSR count). The molecule has 1 heterocycles. The quantitative estimate of drug-likeness (QED) is 0.736. The average Bonchev–Trinajstić information content (AvgIpc) is 2.87. The Hall–Kier alpha value is -1.33. The summed E-state index contributed by atoms with van der Waals surface area (Å²) in [5.74, 6) is 0.295. The van der Waals surface area contributed by atoms with Crippen molar-refractivity contribution in [2.75, 3.05) is 19.6 Å². The van der Waals surface area contributed by atoms with Crippen LogP contribution in [0.4, 0.5) is 13.2 Å². The van der Waals surface area contributed by atoms with Gasteiger partial charge >= 0.3 is 6.18 Å². The first-order valence-electron chi connectivity index (χ1n) is 6.46. The molecule has 114 valence electrons. The van der Waals surface area contributed by atoms with Crippen molar-refractivity contribution in [2.24, 2.45) is 4.99 Å². The van der Waals surface area contributed by atoms with E-state index in [2.05, 4.69) is 4.99 Å². The lowest BCUT2D eigenvalue weighted by atomic mass is 10.0. The minimum atomic E-state index is -4.32. The Bertz CT molecular complexity index is 561. The van der Waals surface area contributed by atoms with Crippen LogP contribution in [0.3, 0.4) is 0 Å². The molecule has 0 atom stereocenters. The van der Waals surface area contributed by atoms with E-state index in [0.717, 1.165) is 35.5 Å². The van der Waals surface area contributed by atoms with Crippen molar-refractivity contribution in [3.8, 4) is 0 Å². The van der Waals surface area contributed by atoms with Gasteiger partial charge in [0.25, 0.3) is 0 Å². The smallest absolute Gasteiger partial charge is 0.384 e. The first kappa shape index (κ1) is 16.0. The molecule has 1 aliphatic rings. The van der Waals surface area contributed by atoms with Gasteiger partial charge in [-0.05, 0) is 29.7 Å². The summed E-state index contributed by atoms with van der Waals surface area (Å²) in [6.07, 6.45) is -2.98. The van der Waals surface area contributed by atoms with E-state index in [9.17, 15) is 13.2 Å². The topological polar surface area (TPSA) is 21.6 Å². The highest BCUT2D eigenvalue weighted by Crippen LogP contribution is 2.31. The number of hydrogen-bond donors (Lipinski definition) is 0. The molecular formula is C15H15ClF3NO. The highest BCUT2D eigenvalue weighted by atomic mass is 35.5. The zero-order valence-electron chi connectivity index (χ0n) is 11.5. The van der Waals surface area contributed by atoms with Crippen LogP contribution in [0.2, 0.25) is 0 Å². The molecule has 2 nitrogen and oxygen atoms in total. The Morgan fingerprint density at radius 2 is 1.90 bits per heavy atom. The lowest BCUT2D eigenvalue weighted by Gasteiger charge is -2.08. The highest BCUT2D eigenvalue weighted by molar-refractivity contribution is 6.20. The van der Waals surface area contributed by atoms with E-state index < -0.39 is 11.7 Å². The van der Waals surface area contributed by atoms with Crippen LogP contribution in [0.1, 0.15) is 24.0 Å². The lowest BCUT2D eigenvalue weighted by molar-refractivity contribution is -0.137. The van der Waals surface area contributed by atoms with E-state index in [1.165, 1.54) is 12.1 Å². The third-order valence-electron chi connectivity index (χ3n) is 3.34. The lowest BCUT2D eigenvalue weighted by Crippen LogP contribution is -2.06. The maximum absolute atomic E-state index is 12.5. The number of halogens is 4. The summed E-state index contributed by atoms with van der Waals surface area (Å²) >= 11 is 5.86. The van der Waals surface area contributed by atoms with Crippen LogP contribution in [0, 0.1) is 0 Å². The number of hydrogen-bond acceptors (Lipinski definition) is 2. The molecule has 0 saturated carbocycles. The van der Waals surface area contributed by atoms with E-state index >= 15 is 0 Å². The van der Waals surface area contributed by atoms with Gasteiger partial charge in [0.15, 0.2) is 0 Å². The monoisotopic (exact) mass is 317 g/mol. The van der Waals surface area contributed by atoms with E-state index in [1.807, 2.05) is 0 Å². The molecule has 0 spiro atoms. The zero-order valence-corrected chi connectivity index (χ0v) is 12.3. The molecule has 6 heteroatoms. The zero-order chi connectivity index (χ0) is 15.5. The molecule has 21 heavy (non-hydrogen) atoms. The Morgan fingerprint density at radius 1 is 1.24 bits per heavy atom. The van der Waals surface area contributed by atoms with Crippen LogP contribution in [-0.2, 0) is 10.9 Å². The second kappa shape index (κ2) is 6.62. The molecule has 0 N–H and O–H groups in total. The summed E-state index contributed by atoms with van der Waals surface area (Å²) in [6, 6.07) is 5.05. The number of rotatable bonds is 5. The van der Waals surface area contributed by atoms with Crippen LogP contribution >= 0.6 is 11.6 Å². The van der Waals surface area contributed by atoms with Crippen molar-refractivity contribution in [3.05, 3.63) is 46.7 Å². The summed E-state index contributed by atoms with van der Waals surface area (Å²) in [5.41, 5.74) is 2.67. The number of ether oxygens (including phenoxy) is 1. The van der Waals surface area contributed by atoms with Crippen molar-refractivity contribution in [2.45, 2.75) is 19.0 Å². The maximum Gasteiger partial charge on any atom is 0.416 e. The van der Waals surface area contributed by atoms with Gasteiger partial charge < -0.3 is 4.74 Å². The van der Waals surface area contributed by atoms with Gasteiger partial charge in [-0.3, -0.25) is 4.99 Å². The molecule has 1 aliphatic heterocycles. The van der Waals surface area contributed by atoms with Gasteiger partial charge in [-0.15, -0.1) is 11.6 Å². The normalized spacial score (nSPS) is 15.6. The van der Waals surface area contributed by atoms with Crippen LogP contribution in [0.15, 0.2) is 40.5 Å². The molecule has 1 aromatic rings. The highest BCUT2D eigenvalue weighted by Gasteiger charge is 2.30. The third kappa shape index (κ3) is 3.86. The second-order valence-electron chi connectivity index (χ2n) is 4.74. The van der Waals surface area contributed by atoms with Gasteiger partial charge in [-0.2, -0.15) is 13.2 Å². The SMILES string of the molecule is COCCC1=C(CCl)N=C(c2ccc(C(F)(F)F)cc2)C1. The van der Waals surface area contributed by atoms with Gasteiger partial charge in [0.2, 0.25) is 0 Å². The Kier molecular flexibility index (Phi) is 5.06. The maximum atomic E-state index is 12.5. The van der Waals surface area contributed by atoms with Crippen LogP contribution in [0.25, 0.3) is 0 Å². The average molecular weight is 318 g/mol. The van der Waals surface area contributed by atoms with Gasteiger partial charge in [0.1, 0.15) is 0 Å². The van der Waals surface area contributed by atoms with Crippen LogP contribution in [0.5, 0.6) is 0 Å². The predicted octanol–water partition coefficient (Wildman–Crippen LogP) is 4.43. The van der Waals surface area contributed by atoms with Crippen LogP contribution in [-0.4, -0.2) is 25.3 Å².